The summed E-state index contributed by atoms with van der Waals surface area (Å²) in [6, 6.07) is 35.4. The predicted molar refractivity (Wildman–Crippen MR) is 168 cm³/mol. The third-order valence-corrected chi connectivity index (χ3v) is 13.1. The number of nitrogens with one attached hydrogen (secondary N) is 1. The molecule has 42 heavy (non-hydrogen) atoms. The molecule has 2 N–H and O–H groups in total. The maximum Gasteiger partial charge on any atom is 0.407 e. The number of fused-ring (bicyclic) bond motifs is 3. The molecule has 1 aliphatic carbocycles. The largest absolute Gasteiger partial charge is 0.480 e. The first kappa shape index (κ1) is 29.3. The number of alkyl carbamates (subject to hydrolysis) is 1. The van der Waals surface area contributed by atoms with Gasteiger partial charge < -0.3 is 19.6 Å². The number of carbonyl (C=O) groups excluding carboxylic acids is 1. The van der Waals surface area contributed by atoms with Crippen LogP contribution in [0.3, 0.4) is 0 Å². The van der Waals surface area contributed by atoms with Crippen molar-refractivity contribution in [2.75, 3.05) is 13.2 Å². The number of aliphatic carboxylic acids is 1. The zero-order valence-corrected chi connectivity index (χ0v) is 25.2. The third kappa shape index (κ3) is 5.75. The lowest BCUT2D eigenvalue weighted by molar-refractivity contribution is -0.139. The van der Waals surface area contributed by atoms with Crippen LogP contribution in [-0.2, 0) is 14.0 Å². The number of amides is 1. The lowest BCUT2D eigenvalue weighted by Gasteiger charge is -2.43. The molecule has 0 radical (unpaired) electrons. The monoisotopic (exact) mass is 579 g/mol. The highest BCUT2D eigenvalue weighted by Gasteiger charge is 2.50. The van der Waals surface area contributed by atoms with Crippen LogP contribution < -0.4 is 15.7 Å². The fraction of sp³-hybridized carbons (Fsp3) is 0.257. The first-order valence-corrected chi connectivity index (χ1v) is 16.2. The summed E-state index contributed by atoms with van der Waals surface area (Å²) >= 11 is 0. The van der Waals surface area contributed by atoms with E-state index in [1.165, 1.54) is 0 Å². The molecule has 216 valence electrons. The van der Waals surface area contributed by atoms with Crippen LogP contribution in [0.25, 0.3) is 11.1 Å². The molecule has 1 amide bonds. The molecule has 4 aromatic carbocycles. The Labute approximate surface area is 248 Å². The van der Waals surface area contributed by atoms with Crippen LogP contribution >= 0.6 is 0 Å². The van der Waals surface area contributed by atoms with Gasteiger partial charge in [-0.3, -0.25) is 0 Å². The Bertz CT molecular complexity index is 1450. The lowest BCUT2D eigenvalue weighted by atomic mass is 9.98. The minimum Gasteiger partial charge on any atom is -0.480 e. The average Bonchev–Trinajstić information content (AvgIpc) is 3.31. The number of ether oxygens (including phenoxy) is 1. The highest BCUT2D eigenvalue weighted by molar-refractivity contribution is 6.99. The number of carboxylic acid groups (broad SMARTS) is 1. The van der Waals surface area contributed by atoms with Gasteiger partial charge in [-0.05, 0) is 37.7 Å². The van der Waals surface area contributed by atoms with Crippen molar-refractivity contribution < 1.29 is 23.9 Å². The molecule has 7 heteroatoms. The van der Waals surface area contributed by atoms with Crippen molar-refractivity contribution in [3.05, 3.63) is 120 Å². The van der Waals surface area contributed by atoms with E-state index in [4.69, 9.17) is 9.16 Å². The molecule has 1 atom stereocenters. The summed E-state index contributed by atoms with van der Waals surface area (Å²) < 4.78 is 12.4. The fourth-order valence-corrected chi connectivity index (χ4v) is 10.7. The Morgan fingerprint density at radius 3 is 1.74 bits per heavy atom. The van der Waals surface area contributed by atoms with Crippen LogP contribution in [0.1, 0.15) is 44.2 Å². The van der Waals surface area contributed by atoms with Crippen LogP contribution in [0.5, 0.6) is 0 Å². The van der Waals surface area contributed by atoms with Crippen molar-refractivity contribution in [2.24, 2.45) is 0 Å². The summed E-state index contributed by atoms with van der Waals surface area (Å²) in [5.41, 5.74) is 4.46. The number of carboxylic acids is 1. The fourth-order valence-electron chi connectivity index (χ4n) is 6.13. The smallest absolute Gasteiger partial charge is 0.407 e. The van der Waals surface area contributed by atoms with Crippen molar-refractivity contribution in [3.63, 3.8) is 0 Å². The summed E-state index contributed by atoms with van der Waals surface area (Å²) in [6.07, 6.45) is -0.654. The SMILES string of the molecule is CC(C)(C)[Si](OCCC(NC(=O)OCC1c2ccccc2-c2ccccc21)C(=O)O)(c1ccccc1)c1ccccc1. The van der Waals surface area contributed by atoms with Gasteiger partial charge in [0.25, 0.3) is 8.32 Å². The topological polar surface area (TPSA) is 84.9 Å². The van der Waals surface area contributed by atoms with Gasteiger partial charge in [0.05, 0.1) is 0 Å². The Kier molecular flexibility index (Phi) is 8.61. The molecule has 1 aliphatic rings. The maximum absolute atomic E-state index is 12.9. The van der Waals surface area contributed by atoms with Gasteiger partial charge in [-0.15, -0.1) is 0 Å². The average molecular weight is 580 g/mol. The molecule has 4 aromatic rings. The predicted octanol–water partition coefficient (Wildman–Crippen LogP) is 5.95. The molecular weight excluding hydrogens is 542 g/mol. The lowest BCUT2D eigenvalue weighted by Crippen LogP contribution is -2.66. The van der Waals surface area contributed by atoms with Crippen LogP contribution in [0.4, 0.5) is 4.79 Å². The molecular formula is C35H37NO5Si. The molecule has 0 fully saturated rings. The summed E-state index contributed by atoms with van der Waals surface area (Å²) in [6.45, 7) is 6.78. The number of carbonyl (C=O) groups is 2. The molecule has 0 heterocycles. The van der Waals surface area contributed by atoms with Crippen LogP contribution in [0.15, 0.2) is 109 Å². The standard InChI is InChI=1S/C35H37NO5Si/c1-35(2,3)42(25-14-6-4-7-15-25,26-16-8-5-9-17-26)41-23-22-32(33(37)38)36-34(39)40-24-31-29-20-12-10-18-27(29)28-19-11-13-21-30(28)31/h4-21,31-32H,22-24H2,1-3H3,(H,36,39)(H,37,38). The summed E-state index contributed by atoms with van der Waals surface area (Å²) in [5, 5.41) is 14.5. The zero-order valence-electron chi connectivity index (χ0n) is 24.2. The van der Waals surface area contributed by atoms with Crippen molar-refractivity contribution in [1.82, 2.24) is 5.32 Å². The van der Waals surface area contributed by atoms with Gasteiger partial charge in [-0.2, -0.15) is 0 Å². The van der Waals surface area contributed by atoms with Gasteiger partial charge in [-0.1, -0.05) is 130 Å². The number of hydrogen-bond acceptors (Lipinski definition) is 4. The molecule has 1 unspecified atom stereocenters. The molecule has 0 saturated heterocycles. The summed E-state index contributed by atoms with van der Waals surface area (Å²) in [7, 11) is -2.83. The van der Waals surface area contributed by atoms with E-state index in [2.05, 4.69) is 62.5 Å². The summed E-state index contributed by atoms with van der Waals surface area (Å²) in [4.78, 5) is 25.1. The zero-order chi connectivity index (χ0) is 29.7. The number of benzene rings is 4. The van der Waals surface area contributed by atoms with E-state index in [0.717, 1.165) is 32.6 Å². The van der Waals surface area contributed by atoms with Gasteiger partial charge in [0.1, 0.15) is 12.6 Å². The molecule has 6 nitrogen and oxygen atoms in total. The van der Waals surface area contributed by atoms with Crippen molar-refractivity contribution in [3.8, 4) is 11.1 Å². The Hall–Kier alpha value is -4.20. The molecule has 0 bridgehead atoms. The van der Waals surface area contributed by atoms with E-state index in [1.54, 1.807) is 0 Å². The Morgan fingerprint density at radius 2 is 1.26 bits per heavy atom. The van der Waals surface area contributed by atoms with E-state index in [-0.39, 0.29) is 30.6 Å². The quantitative estimate of drug-likeness (QED) is 0.227. The van der Waals surface area contributed by atoms with Crippen LogP contribution in [-0.4, -0.2) is 44.7 Å². The highest BCUT2D eigenvalue weighted by atomic mass is 28.4. The van der Waals surface area contributed by atoms with Crippen LogP contribution in [0.2, 0.25) is 5.04 Å². The van der Waals surface area contributed by atoms with E-state index in [0.29, 0.717) is 0 Å². The molecule has 0 saturated carbocycles. The van der Waals surface area contributed by atoms with Gasteiger partial charge >= 0.3 is 12.1 Å². The van der Waals surface area contributed by atoms with Gasteiger partial charge in [0, 0.05) is 18.9 Å². The number of hydrogen-bond donors (Lipinski definition) is 2. The first-order chi connectivity index (χ1) is 20.2. The van der Waals surface area contributed by atoms with E-state index < -0.39 is 26.4 Å². The van der Waals surface area contributed by atoms with E-state index in [1.807, 2.05) is 72.8 Å². The van der Waals surface area contributed by atoms with Gasteiger partial charge in [0.2, 0.25) is 0 Å². The highest BCUT2D eigenvalue weighted by Crippen LogP contribution is 2.44. The van der Waals surface area contributed by atoms with Crippen molar-refractivity contribution in [1.29, 1.82) is 0 Å². The molecule has 0 aromatic heterocycles. The molecule has 0 spiro atoms. The molecule has 0 aliphatic heterocycles. The second-order valence-corrected chi connectivity index (χ2v) is 16.0. The van der Waals surface area contributed by atoms with Crippen molar-refractivity contribution >= 4 is 30.8 Å². The second-order valence-electron chi connectivity index (χ2n) is 11.7. The van der Waals surface area contributed by atoms with Crippen LogP contribution in [0, 0.1) is 0 Å². The minimum atomic E-state index is -2.83. The Balaban J connectivity index is 1.28. The van der Waals surface area contributed by atoms with Gasteiger partial charge in [0.15, 0.2) is 0 Å². The Morgan fingerprint density at radius 1 is 0.786 bits per heavy atom. The van der Waals surface area contributed by atoms with Gasteiger partial charge in [-0.25, -0.2) is 9.59 Å². The van der Waals surface area contributed by atoms with E-state index in [9.17, 15) is 14.7 Å². The first-order valence-electron chi connectivity index (χ1n) is 14.3. The molecule has 5 rings (SSSR count). The minimum absolute atomic E-state index is 0.101. The summed E-state index contributed by atoms with van der Waals surface area (Å²) in [5.74, 6) is -1.24. The third-order valence-electron chi connectivity index (χ3n) is 8.08. The second kappa shape index (κ2) is 12.3. The van der Waals surface area contributed by atoms with E-state index >= 15 is 0 Å². The normalized spacial score (nSPS) is 13.6. The van der Waals surface area contributed by atoms with Crippen molar-refractivity contribution in [2.45, 2.75) is 44.2 Å². The number of rotatable bonds is 10. The maximum atomic E-state index is 12.9.